The summed E-state index contributed by atoms with van der Waals surface area (Å²) in [7, 11) is 0. The van der Waals surface area contributed by atoms with Crippen molar-refractivity contribution in [2.24, 2.45) is 5.92 Å². The zero-order valence-electron chi connectivity index (χ0n) is 18.0. The van der Waals surface area contributed by atoms with Gasteiger partial charge in [-0.05, 0) is 55.4 Å². The summed E-state index contributed by atoms with van der Waals surface area (Å²) in [4.78, 5) is 14.5. The number of hydrogen-bond donors (Lipinski definition) is 0. The van der Waals surface area contributed by atoms with Gasteiger partial charge in [-0.2, -0.15) is 0 Å². The molecular formula is C25H35NO2. The Balaban J connectivity index is 2.07. The molecule has 0 unspecified atom stereocenters. The molecule has 0 bridgehead atoms. The van der Waals surface area contributed by atoms with Gasteiger partial charge in [-0.25, -0.2) is 0 Å². The summed E-state index contributed by atoms with van der Waals surface area (Å²) in [5.41, 5.74) is 2.50. The molecule has 2 aromatic rings. The molecule has 0 spiro atoms. The lowest BCUT2D eigenvalue weighted by atomic mass is 9.85. The van der Waals surface area contributed by atoms with Crippen LogP contribution in [0.3, 0.4) is 0 Å². The van der Waals surface area contributed by atoms with Gasteiger partial charge in [0.15, 0.2) is 0 Å². The first-order valence-corrected chi connectivity index (χ1v) is 10.5. The predicted octanol–water partition coefficient (Wildman–Crippen LogP) is 6.04. The maximum Gasteiger partial charge on any atom is 0.222 e. The molecule has 1 atom stereocenters. The highest BCUT2D eigenvalue weighted by Crippen LogP contribution is 2.30. The summed E-state index contributed by atoms with van der Waals surface area (Å²) in [5.74, 6) is 2.04. The van der Waals surface area contributed by atoms with E-state index in [4.69, 9.17) is 4.74 Å². The molecule has 0 aliphatic carbocycles. The lowest BCUT2D eigenvalue weighted by Crippen LogP contribution is -2.32. The highest BCUT2D eigenvalue weighted by atomic mass is 16.5. The molecule has 0 saturated carbocycles. The number of carbonyl (C=O) groups is 1. The quantitative estimate of drug-likeness (QED) is 0.502. The Morgan fingerprint density at radius 1 is 0.964 bits per heavy atom. The first-order valence-electron chi connectivity index (χ1n) is 10.5. The fraction of sp³-hybridized carbons (Fsp3) is 0.480. The average molecular weight is 382 g/mol. The molecule has 3 nitrogen and oxygen atoms in total. The van der Waals surface area contributed by atoms with Gasteiger partial charge in [0.2, 0.25) is 5.91 Å². The van der Waals surface area contributed by atoms with Gasteiger partial charge >= 0.3 is 0 Å². The Morgan fingerprint density at radius 2 is 1.61 bits per heavy atom. The van der Waals surface area contributed by atoms with Crippen molar-refractivity contribution in [2.75, 3.05) is 6.54 Å². The van der Waals surface area contributed by atoms with Gasteiger partial charge < -0.3 is 9.64 Å². The molecule has 0 aliphatic rings. The van der Waals surface area contributed by atoms with Gasteiger partial charge in [0.05, 0.1) is 6.10 Å². The molecule has 2 aromatic carbocycles. The Morgan fingerprint density at radius 3 is 2.14 bits per heavy atom. The third-order valence-electron chi connectivity index (χ3n) is 5.07. The van der Waals surface area contributed by atoms with Crippen LogP contribution in [0, 0.1) is 5.92 Å². The van der Waals surface area contributed by atoms with Gasteiger partial charge in [0.25, 0.3) is 0 Å². The Bertz CT molecular complexity index is 707. The van der Waals surface area contributed by atoms with Crippen LogP contribution in [0.5, 0.6) is 5.75 Å². The van der Waals surface area contributed by atoms with E-state index < -0.39 is 0 Å². The molecule has 0 saturated heterocycles. The normalized spacial score (nSPS) is 12.2. The van der Waals surface area contributed by atoms with Crippen LogP contribution in [-0.4, -0.2) is 23.5 Å². The highest BCUT2D eigenvalue weighted by Gasteiger charge is 2.19. The highest BCUT2D eigenvalue weighted by molar-refractivity contribution is 5.75. The van der Waals surface area contributed by atoms with Crippen LogP contribution in [-0.2, 0) is 11.3 Å². The van der Waals surface area contributed by atoms with E-state index in [2.05, 4.69) is 50.2 Å². The standard InChI is InChI=1S/C25H35NO2/c1-6-25(27)26(18-21-10-8-7-9-11-21)17-16-24(19(2)3)22-12-14-23(15-13-22)28-20(4)5/h7-15,19-20,24H,6,16-18H2,1-5H3/t24-/m1/s1. The van der Waals surface area contributed by atoms with Gasteiger partial charge in [0, 0.05) is 19.5 Å². The molecule has 1 amide bonds. The third kappa shape index (κ3) is 6.70. The van der Waals surface area contributed by atoms with Crippen LogP contribution in [0.4, 0.5) is 0 Å². The van der Waals surface area contributed by atoms with E-state index in [0.717, 1.165) is 18.7 Å². The Hall–Kier alpha value is -2.29. The zero-order valence-corrected chi connectivity index (χ0v) is 18.0. The van der Waals surface area contributed by atoms with Crippen LogP contribution >= 0.6 is 0 Å². The predicted molar refractivity (Wildman–Crippen MR) is 117 cm³/mol. The maximum absolute atomic E-state index is 12.5. The van der Waals surface area contributed by atoms with E-state index in [-0.39, 0.29) is 12.0 Å². The van der Waals surface area contributed by atoms with Crippen molar-refractivity contribution in [3.05, 3.63) is 65.7 Å². The molecule has 28 heavy (non-hydrogen) atoms. The summed E-state index contributed by atoms with van der Waals surface area (Å²) in [6.07, 6.45) is 1.68. The average Bonchev–Trinajstić information content (AvgIpc) is 2.68. The SMILES string of the molecule is CCC(=O)N(CC[C@@H](c1ccc(OC(C)C)cc1)C(C)C)Cc1ccccc1. The number of ether oxygens (including phenoxy) is 1. The monoisotopic (exact) mass is 381 g/mol. The topological polar surface area (TPSA) is 29.5 Å². The molecule has 2 rings (SSSR count). The fourth-order valence-corrected chi connectivity index (χ4v) is 3.56. The second-order valence-corrected chi connectivity index (χ2v) is 8.03. The minimum absolute atomic E-state index is 0.179. The molecule has 0 heterocycles. The molecule has 0 aromatic heterocycles. The second-order valence-electron chi connectivity index (χ2n) is 8.03. The van der Waals surface area contributed by atoms with E-state index in [1.165, 1.54) is 11.1 Å². The Labute approximate surface area is 170 Å². The van der Waals surface area contributed by atoms with Crippen LogP contribution in [0.1, 0.15) is 64.5 Å². The van der Waals surface area contributed by atoms with Crippen molar-refractivity contribution >= 4 is 5.91 Å². The van der Waals surface area contributed by atoms with Crippen LogP contribution in [0.25, 0.3) is 0 Å². The van der Waals surface area contributed by atoms with Crippen molar-refractivity contribution in [3.63, 3.8) is 0 Å². The third-order valence-corrected chi connectivity index (χ3v) is 5.07. The van der Waals surface area contributed by atoms with E-state index in [1.54, 1.807) is 0 Å². The molecule has 0 N–H and O–H groups in total. The summed E-state index contributed by atoms with van der Waals surface area (Å²) in [6, 6.07) is 18.7. The van der Waals surface area contributed by atoms with Gasteiger partial charge in [-0.1, -0.05) is 63.2 Å². The smallest absolute Gasteiger partial charge is 0.222 e. The minimum Gasteiger partial charge on any atom is -0.491 e. The number of carbonyl (C=O) groups excluding carboxylic acids is 1. The van der Waals surface area contributed by atoms with Crippen molar-refractivity contribution < 1.29 is 9.53 Å². The lowest BCUT2D eigenvalue weighted by molar-refractivity contribution is -0.131. The number of benzene rings is 2. The van der Waals surface area contributed by atoms with Crippen molar-refractivity contribution in [1.29, 1.82) is 0 Å². The van der Waals surface area contributed by atoms with E-state index in [9.17, 15) is 4.79 Å². The Kier molecular flexibility index (Phi) is 8.56. The molecule has 0 aliphatic heterocycles. The van der Waals surface area contributed by atoms with Crippen LogP contribution in [0.2, 0.25) is 0 Å². The summed E-state index contributed by atoms with van der Waals surface area (Å²) in [6.45, 7) is 12.0. The van der Waals surface area contributed by atoms with Crippen molar-refractivity contribution in [1.82, 2.24) is 4.90 Å². The molecule has 0 fully saturated rings. The van der Waals surface area contributed by atoms with Gasteiger partial charge in [0.1, 0.15) is 5.75 Å². The molecular weight excluding hydrogens is 346 g/mol. The maximum atomic E-state index is 12.5. The van der Waals surface area contributed by atoms with Gasteiger partial charge in [-0.15, -0.1) is 0 Å². The number of rotatable bonds is 10. The molecule has 152 valence electrons. The van der Waals surface area contributed by atoms with E-state index in [1.807, 2.05) is 43.9 Å². The first-order chi connectivity index (χ1) is 13.4. The largest absolute Gasteiger partial charge is 0.491 e. The van der Waals surface area contributed by atoms with Crippen molar-refractivity contribution in [3.8, 4) is 5.75 Å². The summed E-state index contributed by atoms with van der Waals surface area (Å²) in [5, 5.41) is 0. The first kappa shape index (κ1) is 22.0. The van der Waals surface area contributed by atoms with E-state index >= 15 is 0 Å². The van der Waals surface area contributed by atoms with Crippen LogP contribution < -0.4 is 4.74 Å². The number of nitrogens with zero attached hydrogens (tertiary/aromatic N) is 1. The molecule has 0 radical (unpaired) electrons. The number of hydrogen-bond acceptors (Lipinski definition) is 2. The summed E-state index contributed by atoms with van der Waals surface area (Å²) >= 11 is 0. The summed E-state index contributed by atoms with van der Waals surface area (Å²) < 4.78 is 5.77. The van der Waals surface area contributed by atoms with Crippen molar-refractivity contribution in [2.45, 2.75) is 66.0 Å². The fourth-order valence-electron chi connectivity index (χ4n) is 3.56. The number of amides is 1. The van der Waals surface area contributed by atoms with Crippen LogP contribution in [0.15, 0.2) is 54.6 Å². The van der Waals surface area contributed by atoms with Gasteiger partial charge in [-0.3, -0.25) is 4.79 Å². The lowest BCUT2D eigenvalue weighted by Gasteiger charge is -2.27. The van der Waals surface area contributed by atoms with E-state index in [0.29, 0.717) is 24.8 Å². The zero-order chi connectivity index (χ0) is 20.5. The minimum atomic E-state index is 0.179. The molecule has 3 heteroatoms. The second kappa shape index (κ2) is 10.9.